The third-order valence-electron chi connectivity index (χ3n) is 3.43. The molecule has 132 valence electrons. The Hall–Kier alpha value is -1.19. The topological polar surface area (TPSA) is 36.9 Å². The number of ether oxygens (including phenoxy) is 1. The molecule has 0 spiro atoms. The van der Waals surface area contributed by atoms with Crippen LogP contribution in [0.1, 0.15) is 16.7 Å². The quantitative estimate of drug-likeness (QED) is 0.402. The van der Waals surface area contributed by atoms with Gasteiger partial charge in [0.1, 0.15) is 5.82 Å². The minimum absolute atomic E-state index is 0. The number of rotatable bonds is 6. The van der Waals surface area contributed by atoms with Crippen LogP contribution in [0.15, 0.2) is 40.0 Å². The number of nitrogens with zero attached hydrogens (tertiary/aromatic N) is 2. The highest BCUT2D eigenvalue weighted by Crippen LogP contribution is 2.12. The second kappa shape index (κ2) is 10.6. The lowest BCUT2D eigenvalue weighted by Crippen LogP contribution is -2.37. The summed E-state index contributed by atoms with van der Waals surface area (Å²) >= 11 is 1.68. The smallest absolute Gasteiger partial charge is 0.193 e. The molecule has 1 aromatic heterocycles. The number of halogens is 2. The summed E-state index contributed by atoms with van der Waals surface area (Å²) in [7, 11) is 5.31. The van der Waals surface area contributed by atoms with Crippen molar-refractivity contribution in [2.24, 2.45) is 4.99 Å². The van der Waals surface area contributed by atoms with Crippen molar-refractivity contribution >= 4 is 41.3 Å². The fourth-order valence-electron chi connectivity index (χ4n) is 2.30. The van der Waals surface area contributed by atoms with Crippen molar-refractivity contribution in [1.29, 1.82) is 0 Å². The normalized spacial score (nSPS) is 11.1. The number of benzene rings is 1. The summed E-state index contributed by atoms with van der Waals surface area (Å²) in [5.41, 5.74) is 2.81. The summed E-state index contributed by atoms with van der Waals surface area (Å²) in [5, 5.41) is 7.49. The molecule has 0 bridgehead atoms. The first kappa shape index (κ1) is 20.9. The number of aliphatic imine (C=N–C) groups is 1. The first-order valence-corrected chi connectivity index (χ1v) is 8.27. The molecule has 0 saturated heterocycles. The average molecular weight is 463 g/mol. The number of guanidine groups is 1. The summed E-state index contributed by atoms with van der Waals surface area (Å²) in [6.07, 6.45) is 0. The van der Waals surface area contributed by atoms with E-state index in [-0.39, 0.29) is 36.4 Å². The average Bonchev–Trinajstić information content (AvgIpc) is 3.04. The zero-order valence-corrected chi connectivity index (χ0v) is 17.2. The van der Waals surface area contributed by atoms with Gasteiger partial charge < -0.3 is 15.0 Å². The predicted octanol–water partition coefficient (Wildman–Crippen LogP) is 3.86. The zero-order valence-electron chi connectivity index (χ0n) is 14.1. The predicted molar refractivity (Wildman–Crippen MR) is 109 cm³/mol. The van der Waals surface area contributed by atoms with Crippen LogP contribution in [0.5, 0.6) is 0 Å². The van der Waals surface area contributed by atoms with E-state index >= 15 is 0 Å². The molecule has 0 aliphatic carbocycles. The standard InChI is InChI=1S/C17H22FN3OS.HI/c1-19-17(21(2)10-14-6-7-23-12-14)20-9-13-4-5-16(18)15(8-13)11-22-3;/h4-8,12H,9-11H2,1-3H3,(H,19,20);1H. The van der Waals surface area contributed by atoms with E-state index in [9.17, 15) is 4.39 Å². The molecule has 0 unspecified atom stereocenters. The number of hydrogen-bond donors (Lipinski definition) is 1. The van der Waals surface area contributed by atoms with Gasteiger partial charge in [-0.25, -0.2) is 4.39 Å². The summed E-state index contributed by atoms with van der Waals surface area (Å²) in [6.45, 7) is 1.64. The van der Waals surface area contributed by atoms with E-state index in [2.05, 4.69) is 32.0 Å². The molecule has 0 amide bonds. The van der Waals surface area contributed by atoms with Crippen molar-refractivity contribution in [2.45, 2.75) is 19.7 Å². The Labute approximate surface area is 163 Å². The third-order valence-corrected chi connectivity index (χ3v) is 4.17. The SMILES string of the molecule is CN=C(NCc1ccc(F)c(COC)c1)N(C)Cc1ccsc1.I. The molecule has 2 aromatic rings. The molecule has 4 nitrogen and oxygen atoms in total. The summed E-state index contributed by atoms with van der Waals surface area (Å²) in [4.78, 5) is 6.35. The minimum Gasteiger partial charge on any atom is -0.380 e. The highest BCUT2D eigenvalue weighted by atomic mass is 127. The van der Waals surface area contributed by atoms with Gasteiger partial charge in [-0.3, -0.25) is 4.99 Å². The maximum Gasteiger partial charge on any atom is 0.193 e. The molecule has 0 atom stereocenters. The monoisotopic (exact) mass is 463 g/mol. The van der Waals surface area contributed by atoms with Crippen molar-refractivity contribution in [1.82, 2.24) is 10.2 Å². The molecule has 0 fully saturated rings. The Kier molecular flexibility index (Phi) is 9.24. The lowest BCUT2D eigenvalue weighted by molar-refractivity contribution is 0.181. The molecule has 1 aromatic carbocycles. The van der Waals surface area contributed by atoms with Crippen LogP contribution in [-0.2, 0) is 24.4 Å². The van der Waals surface area contributed by atoms with Crippen LogP contribution in [0, 0.1) is 5.82 Å². The van der Waals surface area contributed by atoms with Crippen LogP contribution < -0.4 is 5.32 Å². The van der Waals surface area contributed by atoms with Crippen LogP contribution in [0.4, 0.5) is 4.39 Å². The Morgan fingerprint density at radius 3 is 2.75 bits per heavy atom. The van der Waals surface area contributed by atoms with E-state index in [0.29, 0.717) is 12.1 Å². The largest absolute Gasteiger partial charge is 0.380 e. The van der Waals surface area contributed by atoms with Gasteiger partial charge in [0.05, 0.1) is 6.61 Å². The van der Waals surface area contributed by atoms with Gasteiger partial charge in [0.15, 0.2) is 5.96 Å². The molecular formula is C17H23FIN3OS. The minimum atomic E-state index is -0.241. The summed E-state index contributed by atoms with van der Waals surface area (Å²) < 4.78 is 18.6. The van der Waals surface area contributed by atoms with Gasteiger partial charge >= 0.3 is 0 Å². The Morgan fingerprint density at radius 1 is 1.33 bits per heavy atom. The molecule has 0 aliphatic heterocycles. The maximum absolute atomic E-state index is 13.6. The molecule has 24 heavy (non-hydrogen) atoms. The van der Waals surface area contributed by atoms with E-state index in [4.69, 9.17) is 4.74 Å². The number of thiophene rings is 1. The third kappa shape index (κ3) is 6.03. The fourth-order valence-corrected chi connectivity index (χ4v) is 2.96. The van der Waals surface area contributed by atoms with Crippen molar-refractivity contribution in [3.05, 3.63) is 57.5 Å². The second-order valence-corrected chi connectivity index (χ2v) is 6.03. The second-order valence-electron chi connectivity index (χ2n) is 5.25. The lowest BCUT2D eigenvalue weighted by atomic mass is 10.1. The van der Waals surface area contributed by atoms with Gasteiger partial charge in [-0.05, 0) is 40.1 Å². The van der Waals surface area contributed by atoms with Crippen molar-refractivity contribution in [3.8, 4) is 0 Å². The lowest BCUT2D eigenvalue weighted by Gasteiger charge is -2.21. The Balaban J connectivity index is 0.00000288. The Bertz CT molecular complexity index is 649. The molecule has 0 aliphatic rings. The first-order chi connectivity index (χ1) is 11.1. The zero-order chi connectivity index (χ0) is 16.7. The van der Waals surface area contributed by atoms with Crippen molar-refractivity contribution in [3.63, 3.8) is 0 Å². The van der Waals surface area contributed by atoms with E-state index in [0.717, 1.165) is 18.1 Å². The molecule has 1 N–H and O–H groups in total. The molecule has 0 radical (unpaired) electrons. The molecule has 0 saturated carbocycles. The van der Waals surface area contributed by atoms with Gasteiger partial charge in [0, 0.05) is 39.9 Å². The van der Waals surface area contributed by atoms with Crippen LogP contribution >= 0.6 is 35.3 Å². The molecule has 1 heterocycles. The first-order valence-electron chi connectivity index (χ1n) is 7.33. The van der Waals surface area contributed by atoms with Crippen molar-refractivity contribution < 1.29 is 9.13 Å². The van der Waals surface area contributed by atoms with Gasteiger partial charge in [-0.15, -0.1) is 24.0 Å². The molecule has 2 rings (SSSR count). The highest BCUT2D eigenvalue weighted by molar-refractivity contribution is 14.0. The number of nitrogens with one attached hydrogen (secondary N) is 1. The van der Waals surface area contributed by atoms with Crippen LogP contribution in [0.2, 0.25) is 0 Å². The number of methoxy groups -OCH3 is 1. The van der Waals surface area contributed by atoms with E-state index in [1.807, 2.05) is 13.1 Å². The van der Waals surface area contributed by atoms with Crippen LogP contribution in [-0.4, -0.2) is 32.1 Å². The van der Waals surface area contributed by atoms with Gasteiger partial charge in [-0.2, -0.15) is 11.3 Å². The highest BCUT2D eigenvalue weighted by Gasteiger charge is 2.08. The van der Waals surface area contributed by atoms with E-state index < -0.39 is 0 Å². The van der Waals surface area contributed by atoms with Crippen LogP contribution in [0.3, 0.4) is 0 Å². The maximum atomic E-state index is 13.6. The van der Waals surface area contributed by atoms with Gasteiger partial charge in [0.2, 0.25) is 0 Å². The van der Waals surface area contributed by atoms with Crippen LogP contribution in [0.25, 0.3) is 0 Å². The molecular weight excluding hydrogens is 440 g/mol. The van der Waals surface area contributed by atoms with Crippen molar-refractivity contribution in [2.75, 3.05) is 21.2 Å². The van der Waals surface area contributed by atoms with Gasteiger partial charge in [-0.1, -0.05) is 6.07 Å². The van der Waals surface area contributed by atoms with E-state index in [1.165, 1.54) is 11.6 Å². The summed E-state index contributed by atoms with van der Waals surface area (Å²) in [6, 6.07) is 7.17. The van der Waals surface area contributed by atoms with E-state index in [1.54, 1.807) is 31.6 Å². The Morgan fingerprint density at radius 2 is 2.12 bits per heavy atom. The summed E-state index contributed by atoms with van der Waals surface area (Å²) in [5.74, 6) is 0.559. The number of hydrogen-bond acceptors (Lipinski definition) is 3. The van der Waals surface area contributed by atoms with Gasteiger partial charge in [0.25, 0.3) is 0 Å². The fraction of sp³-hybridized carbons (Fsp3) is 0.353. The molecule has 7 heteroatoms.